The number of nitrogens with one attached hydrogen (secondary N) is 1. The van der Waals surface area contributed by atoms with Gasteiger partial charge < -0.3 is 5.32 Å². The van der Waals surface area contributed by atoms with E-state index < -0.39 is 0 Å². The maximum Gasteiger partial charge on any atom is 0.275 e. The number of fused-ring (bicyclic) bond motifs is 1. The molecule has 4 aromatic rings. The van der Waals surface area contributed by atoms with Crippen molar-refractivity contribution in [3.8, 4) is 10.6 Å². The number of rotatable bonds is 4. The van der Waals surface area contributed by atoms with Gasteiger partial charge in [0, 0.05) is 22.2 Å². The molecule has 0 saturated heterocycles. The first-order chi connectivity index (χ1) is 13.5. The van der Waals surface area contributed by atoms with Crippen LogP contribution >= 0.6 is 22.9 Å². The monoisotopic (exact) mass is 410 g/mol. The molecular formula is C20H15ClN4O2S. The van der Waals surface area contributed by atoms with Crippen LogP contribution in [-0.4, -0.2) is 20.5 Å². The van der Waals surface area contributed by atoms with E-state index in [9.17, 15) is 9.59 Å². The van der Waals surface area contributed by atoms with Crippen LogP contribution in [0, 0.1) is 6.92 Å². The summed E-state index contributed by atoms with van der Waals surface area (Å²) in [7, 11) is 0. The largest absolute Gasteiger partial charge is 0.346 e. The van der Waals surface area contributed by atoms with E-state index in [1.54, 1.807) is 24.3 Å². The van der Waals surface area contributed by atoms with Crippen molar-refractivity contribution >= 4 is 33.8 Å². The Hall–Kier alpha value is -3.03. The molecular weight excluding hydrogens is 396 g/mol. The zero-order valence-electron chi connectivity index (χ0n) is 14.8. The minimum Gasteiger partial charge on any atom is -0.346 e. The van der Waals surface area contributed by atoms with Crippen LogP contribution in [0.15, 0.2) is 59.4 Å². The number of aromatic nitrogens is 3. The van der Waals surface area contributed by atoms with Crippen molar-refractivity contribution in [1.82, 2.24) is 19.9 Å². The molecule has 0 fully saturated rings. The van der Waals surface area contributed by atoms with Crippen molar-refractivity contribution in [3.63, 3.8) is 0 Å². The highest BCUT2D eigenvalue weighted by Crippen LogP contribution is 2.26. The number of amides is 1. The Morgan fingerprint density at radius 1 is 1.18 bits per heavy atom. The summed E-state index contributed by atoms with van der Waals surface area (Å²) >= 11 is 7.32. The fraction of sp³-hybridized carbons (Fsp3) is 0.100. The van der Waals surface area contributed by atoms with Crippen LogP contribution < -0.4 is 10.9 Å². The molecule has 0 spiro atoms. The lowest BCUT2D eigenvalue weighted by Crippen LogP contribution is -2.25. The van der Waals surface area contributed by atoms with Crippen molar-refractivity contribution in [1.29, 1.82) is 0 Å². The lowest BCUT2D eigenvalue weighted by Gasteiger charge is -2.05. The van der Waals surface area contributed by atoms with Gasteiger partial charge in [-0.05, 0) is 31.2 Å². The second-order valence-corrected chi connectivity index (χ2v) is 7.64. The summed E-state index contributed by atoms with van der Waals surface area (Å²) < 4.78 is 1.26. The molecule has 2 heterocycles. The van der Waals surface area contributed by atoms with Crippen LogP contribution in [-0.2, 0) is 6.54 Å². The van der Waals surface area contributed by atoms with Crippen LogP contribution in [0.2, 0.25) is 5.02 Å². The predicted octanol–water partition coefficient (Wildman–Crippen LogP) is 3.71. The molecule has 2 aromatic carbocycles. The van der Waals surface area contributed by atoms with E-state index in [2.05, 4.69) is 15.4 Å². The van der Waals surface area contributed by atoms with Gasteiger partial charge >= 0.3 is 0 Å². The smallest absolute Gasteiger partial charge is 0.275 e. The van der Waals surface area contributed by atoms with E-state index >= 15 is 0 Å². The summed E-state index contributed by atoms with van der Waals surface area (Å²) in [6, 6.07) is 15.9. The summed E-state index contributed by atoms with van der Waals surface area (Å²) in [6.45, 7) is 2.08. The third-order valence-corrected chi connectivity index (χ3v) is 5.27. The molecule has 8 heteroatoms. The van der Waals surface area contributed by atoms with Gasteiger partial charge in [-0.2, -0.15) is 9.61 Å². The molecule has 0 bridgehead atoms. The lowest BCUT2D eigenvalue weighted by molar-refractivity contribution is 0.0950. The average molecular weight is 411 g/mol. The number of hydrogen-bond donors (Lipinski definition) is 1. The third-order valence-electron chi connectivity index (χ3n) is 4.08. The van der Waals surface area contributed by atoms with Crippen LogP contribution in [0.25, 0.3) is 15.5 Å². The normalized spacial score (nSPS) is 10.9. The van der Waals surface area contributed by atoms with Crippen molar-refractivity contribution in [2.75, 3.05) is 0 Å². The number of benzene rings is 2. The van der Waals surface area contributed by atoms with Gasteiger partial charge in [-0.3, -0.25) is 9.59 Å². The fourth-order valence-corrected chi connectivity index (χ4v) is 3.85. The van der Waals surface area contributed by atoms with Gasteiger partial charge in [0.05, 0.1) is 12.2 Å². The molecule has 0 aliphatic carbocycles. The summed E-state index contributed by atoms with van der Waals surface area (Å²) in [5, 5.41) is 8.37. The van der Waals surface area contributed by atoms with E-state index in [0.717, 1.165) is 11.1 Å². The predicted molar refractivity (Wildman–Crippen MR) is 110 cm³/mol. The minimum absolute atomic E-state index is 0.156. The van der Waals surface area contributed by atoms with Gasteiger partial charge in [-0.1, -0.05) is 52.8 Å². The van der Waals surface area contributed by atoms with Crippen molar-refractivity contribution in [2.45, 2.75) is 13.5 Å². The molecule has 0 aliphatic heterocycles. The number of carbonyl (C=O) groups excluding carboxylic acids is 1. The highest BCUT2D eigenvalue weighted by molar-refractivity contribution is 7.19. The minimum atomic E-state index is -0.297. The number of halogens is 1. The van der Waals surface area contributed by atoms with Crippen LogP contribution in [0.4, 0.5) is 0 Å². The first-order valence-electron chi connectivity index (χ1n) is 8.50. The number of nitrogens with zero attached hydrogens (tertiary/aromatic N) is 3. The Kier molecular flexibility index (Phi) is 4.93. The van der Waals surface area contributed by atoms with Gasteiger partial charge in [0.15, 0.2) is 0 Å². The molecule has 6 nitrogen and oxygen atoms in total. The summed E-state index contributed by atoms with van der Waals surface area (Å²) in [5.74, 6) is -0.213. The third kappa shape index (κ3) is 3.81. The van der Waals surface area contributed by atoms with Crippen molar-refractivity contribution in [2.24, 2.45) is 0 Å². The molecule has 0 atom stereocenters. The van der Waals surface area contributed by atoms with Crippen LogP contribution in [0.5, 0.6) is 0 Å². The van der Waals surface area contributed by atoms with Crippen molar-refractivity contribution in [3.05, 3.63) is 86.8 Å². The Labute approximate surface area is 169 Å². The Balaban J connectivity index is 1.59. The van der Waals surface area contributed by atoms with E-state index in [1.165, 1.54) is 21.9 Å². The molecule has 4 rings (SSSR count). The zero-order chi connectivity index (χ0) is 19.7. The van der Waals surface area contributed by atoms with E-state index in [4.69, 9.17) is 11.6 Å². The second kappa shape index (κ2) is 7.53. The van der Waals surface area contributed by atoms with Gasteiger partial charge in [0.25, 0.3) is 11.5 Å². The Morgan fingerprint density at radius 3 is 2.79 bits per heavy atom. The summed E-state index contributed by atoms with van der Waals surface area (Å²) in [6.07, 6.45) is 0. The van der Waals surface area contributed by atoms with Crippen molar-refractivity contribution < 1.29 is 4.79 Å². The van der Waals surface area contributed by atoms with E-state index in [0.29, 0.717) is 26.2 Å². The molecule has 1 N–H and O–H groups in total. The summed E-state index contributed by atoms with van der Waals surface area (Å²) in [4.78, 5) is 29.6. The topological polar surface area (TPSA) is 76.4 Å². The molecule has 1 amide bonds. The SMILES string of the molecule is Cc1cccc(C(=O)NCc2cc(=O)n3nc(-c4cccc(Cl)c4)sc3n2)c1. The first kappa shape index (κ1) is 18.3. The Morgan fingerprint density at radius 2 is 2.00 bits per heavy atom. The number of hydrogen-bond acceptors (Lipinski definition) is 5. The first-order valence-corrected chi connectivity index (χ1v) is 9.70. The lowest BCUT2D eigenvalue weighted by atomic mass is 10.1. The van der Waals surface area contributed by atoms with Gasteiger partial charge in [0.1, 0.15) is 5.01 Å². The quantitative estimate of drug-likeness (QED) is 0.556. The molecule has 28 heavy (non-hydrogen) atoms. The molecule has 2 aromatic heterocycles. The number of aryl methyl sites for hydroxylation is 1. The molecule has 0 radical (unpaired) electrons. The van der Waals surface area contributed by atoms with E-state index in [1.807, 2.05) is 31.2 Å². The molecule has 0 unspecified atom stereocenters. The zero-order valence-corrected chi connectivity index (χ0v) is 16.4. The second-order valence-electron chi connectivity index (χ2n) is 6.25. The van der Waals surface area contributed by atoms with Gasteiger partial charge in [0.2, 0.25) is 4.96 Å². The van der Waals surface area contributed by atoms with E-state index in [-0.39, 0.29) is 18.0 Å². The van der Waals surface area contributed by atoms with Gasteiger partial charge in [-0.25, -0.2) is 4.98 Å². The highest BCUT2D eigenvalue weighted by atomic mass is 35.5. The standard InChI is InChI=1S/C20H15ClN4O2S/c1-12-4-2-5-13(8-12)18(27)22-11-16-10-17(26)25-20(23-16)28-19(24-25)14-6-3-7-15(21)9-14/h2-10H,11H2,1H3,(H,22,27). The fourth-order valence-electron chi connectivity index (χ4n) is 2.74. The number of carbonyl (C=O) groups is 1. The molecule has 140 valence electrons. The highest BCUT2D eigenvalue weighted by Gasteiger charge is 2.12. The van der Waals surface area contributed by atoms with Crippen LogP contribution in [0.1, 0.15) is 21.6 Å². The summed E-state index contributed by atoms with van der Waals surface area (Å²) in [5.41, 5.74) is 2.57. The average Bonchev–Trinajstić information content (AvgIpc) is 3.11. The Bertz CT molecular complexity index is 1250. The van der Waals surface area contributed by atoms with Crippen LogP contribution in [0.3, 0.4) is 0 Å². The molecule has 0 aliphatic rings. The maximum atomic E-state index is 12.4. The molecule has 0 saturated carbocycles. The maximum absolute atomic E-state index is 12.4. The van der Waals surface area contributed by atoms with Gasteiger partial charge in [-0.15, -0.1) is 0 Å².